The maximum atomic E-state index is 5.24. The van der Waals surface area contributed by atoms with Crippen molar-refractivity contribution in [2.75, 3.05) is 0 Å². The molecule has 0 radical (unpaired) electrons. The molecule has 0 spiro atoms. The van der Waals surface area contributed by atoms with E-state index in [-0.39, 0.29) is 0 Å². The number of hydrogen-bond donors (Lipinski definition) is 0. The maximum Gasteiger partial charge on any atom is 0.234 e. The molecule has 38 heavy (non-hydrogen) atoms. The highest BCUT2D eigenvalue weighted by Crippen LogP contribution is 2.42. The third-order valence-electron chi connectivity index (χ3n) is 7.13. The van der Waals surface area contributed by atoms with Gasteiger partial charge in [0.2, 0.25) is 5.95 Å². The number of aromatic nitrogens is 4. The van der Waals surface area contributed by atoms with E-state index in [1.165, 1.54) is 20.2 Å². The van der Waals surface area contributed by atoms with Gasteiger partial charge < -0.3 is 0 Å². The number of nitrogens with zero attached hydrogens (tertiary/aromatic N) is 4. The molecule has 178 valence electrons. The van der Waals surface area contributed by atoms with Crippen molar-refractivity contribution in [2.45, 2.75) is 0 Å². The van der Waals surface area contributed by atoms with E-state index in [1.807, 2.05) is 48.0 Å². The Hall–Kier alpha value is -4.87. The molecule has 0 unspecified atom stereocenters. The summed E-state index contributed by atoms with van der Waals surface area (Å²) in [6, 6.07) is 37.8. The molecule has 0 aliphatic heterocycles. The fourth-order valence-corrected chi connectivity index (χ4v) is 6.59. The topological polar surface area (TPSA) is 43.6 Å². The highest BCUT2D eigenvalue weighted by atomic mass is 32.1. The first-order chi connectivity index (χ1) is 18.8. The maximum absolute atomic E-state index is 5.24. The van der Waals surface area contributed by atoms with E-state index in [1.54, 1.807) is 0 Å². The summed E-state index contributed by atoms with van der Waals surface area (Å²) in [4.78, 5) is 14.9. The largest absolute Gasteiger partial charge is 0.276 e. The van der Waals surface area contributed by atoms with Crippen LogP contribution in [0.25, 0.3) is 70.4 Å². The lowest BCUT2D eigenvalue weighted by atomic mass is 10.1. The van der Waals surface area contributed by atoms with Gasteiger partial charge in [0.05, 0.1) is 22.2 Å². The summed E-state index contributed by atoms with van der Waals surface area (Å²) in [6.07, 6.45) is 3.80. The second-order valence-electron chi connectivity index (χ2n) is 9.34. The fraction of sp³-hybridized carbons (Fsp3) is 0. The van der Waals surface area contributed by atoms with E-state index in [0.717, 1.165) is 44.3 Å². The van der Waals surface area contributed by atoms with Crippen LogP contribution in [-0.2, 0) is 0 Å². The van der Waals surface area contributed by atoms with Crippen molar-refractivity contribution >= 4 is 53.4 Å². The molecule has 0 atom stereocenters. The van der Waals surface area contributed by atoms with Gasteiger partial charge in [0.15, 0.2) is 0 Å². The molecule has 4 aromatic carbocycles. The van der Waals surface area contributed by atoms with Gasteiger partial charge in [-0.15, -0.1) is 11.3 Å². The molecule has 4 aromatic heterocycles. The van der Waals surface area contributed by atoms with Crippen LogP contribution in [0, 0.1) is 0 Å². The Morgan fingerprint density at radius 2 is 1.24 bits per heavy atom. The number of benzene rings is 4. The summed E-state index contributed by atoms with van der Waals surface area (Å²) < 4.78 is 4.66. The van der Waals surface area contributed by atoms with Crippen molar-refractivity contribution < 1.29 is 0 Å². The fourth-order valence-electron chi connectivity index (χ4n) is 5.34. The molecule has 0 saturated heterocycles. The van der Waals surface area contributed by atoms with Crippen molar-refractivity contribution in [3.8, 4) is 28.3 Å². The van der Waals surface area contributed by atoms with Crippen LogP contribution in [0.15, 0.2) is 122 Å². The Morgan fingerprint density at radius 1 is 0.553 bits per heavy atom. The molecular weight excluding hydrogens is 484 g/mol. The van der Waals surface area contributed by atoms with Gasteiger partial charge in [0.1, 0.15) is 0 Å². The van der Waals surface area contributed by atoms with Crippen molar-refractivity contribution in [1.29, 1.82) is 0 Å². The van der Waals surface area contributed by atoms with E-state index < -0.39 is 0 Å². The van der Waals surface area contributed by atoms with Crippen LogP contribution in [0.1, 0.15) is 0 Å². The number of thiophene rings is 1. The van der Waals surface area contributed by atoms with Crippen LogP contribution < -0.4 is 0 Å². The van der Waals surface area contributed by atoms with Crippen LogP contribution in [0.4, 0.5) is 0 Å². The lowest BCUT2D eigenvalue weighted by Gasteiger charge is -2.07. The van der Waals surface area contributed by atoms with Gasteiger partial charge in [-0.1, -0.05) is 84.9 Å². The molecule has 5 heteroatoms. The number of rotatable bonds is 3. The zero-order valence-electron chi connectivity index (χ0n) is 20.2. The quantitative estimate of drug-likeness (QED) is 0.242. The number of hydrogen-bond acceptors (Lipinski definition) is 4. The lowest BCUT2D eigenvalue weighted by molar-refractivity contribution is 0.989. The second kappa shape index (κ2) is 8.33. The molecule has 4 nitrogen and oxygen atoms in total. The third kappa shape index (κ3) is 3.19. The Morgan fingerprint density at radius 3 is 2.03 bits per heavy atom. The Labute approximate surface area is 222 Å². The first-order valence-corrected chi connectivity index (χ1v) is 13.4. The molecule has 0 amide bonds. The predicted octanol–water partition coefficient (Wildman–Crippen LogP) is 8.67. The van der Waals surface area contributed by atoms with E-state index in [9.17, 15) is 0 Å². The van der Waals surface area contributed by atoms with Crippen LogP contribution in [0.5, 0.6) is 0 Å². The minimum atomic E-state index is 0.638. The van der Waals surface area contributed by atoms with Crippen LogP contribution in [0.2, 0.25) is 0 Å². The average Bonchev–Trinajstić information content (AvgIpc) is 3.53. The van der Waals surface area contributed by atoms with E-state index >= 15 is 0 Å². The first-order valence-electron chi connectivity index (χ1n) is 12.5. The standard InChI is InChI=1S/C33H20N4S/c1-3-9-21(10-4-1)23-19-34-33(35-20-23)37-27-17-15-25-24-13-7-8-14-29(24)38-32(25)30(27)31-28(37)18-16-26(36-31)22-11-5-2-6-12-22/h1-20H. The summed E-state index contributed by atoms with van der Waals surface area (Å²) >= 11 is 1.82. The highest BCUT2D eigenvalue weighted by molar-refractivity contribution is 7.26. The van der Waals surface area contributed by atoms with E-state index in [4.69, 9.17) is 15.0 Å². The minimum Gasteiger partial charge on any atom is -0.276 e. The van der Waals surface area contributed by atoms with Gasteiger partial charge in [-0.2, -0.15) is 0 Å². The van der Waals surface area contributed by atoms with Crippen LogP contribution in [0.3, 0.4) is 0 Å². The highest BCUT2D eigenvalue weighted by Gasteiger charge is 2.20. The van der Waals surface area contributed by atoms with Gasteiger partial charge in [-0.3, -0.25) is 4.57 Å². The van der Waals surface area contributed by atoms with Gasteiger partial charge >= 0.3 is 0 Å². The molecule has 8 rings (SSSR count). The summed E-state index contributed by atoms with van der Waals surface area (Å²) in [6.45, 7) is 0. The Bertz CT molecular complexity index is 2110. The first kappa shape index (κ1) is 21.2. The molecule has 0 saturated carbocycles. The number of pyridine rings is 1. The van der Waals surface area contributed by atoms with Gasteiger partial charge in [-0.25, -0.2) is 15.0 Å². The Kier molecular flexibility index (Phi) is 4.66. The zero-order valence-corrected chi connectivity index (χ0v) is 21.1. The molecular formula is C33H20N4S. The van der Waals surface area contributed by atoms with Gasteiger partial charge in [0, 0.05) is 49.1 Å². The van der Waals surface area contributed by atoms with Gasteiger partial charge in [0.25, 0.3) is 0 Å². The average molecular weight is 505 g/mol. The summed E-state index contributed by atoms with van der Waals surface area (Å²) in [5.41, 5.74) is 7.17. The van der Waals surface area contributed by atoms with Crippen LogP contribution in [-0.4, -0.2) is 19.5 Å². The molecule has 4 heterocycles. The van der Waals surface area contributed by atoms with Crippen LogP contribution >= 0.6 is 11.3 Å². The second-order valence-corrected chi connectivity index (χ2v) is 10.4. The third-order valence-corrected chi connectivity index (χ3v) is 8.34. The molecule has 0 aliphatic carbocycles. The molecule has 0 N–H and O–H groups in total. The molecule has 0 aliphatic rings. The predicted molar refractivity (Wildman–Crippen MR) is 158 cm³/mol. The van der Waals surface area contributed by atoms with Gasteiger partial charge in [-0.05, 0) is 29.8 Å². The van der Waals surface area contributed by atoms with Crippen molar-refractivity contribution in [3.63, 3.8) is 0 Å². The monoisotopic (exact) mass is 504 g/mol. The molecule has 8 aromatic rings. The zero-order chi connectivity index (χ0) is 25.1. The smallest absolute Gasteiger partial charge is 0.234 e. The molecule has 0 bridgehead atoms. The van der Waals surface area contributed by atoms with E-state index in [0.29, 0.717) is 5.95 Å². The van der Waals surface area contributed by atoms with Crippen molar-refractivity contribution in [1.82, 2.24) is 19.5 Å². The summed E-state index contributed by atoms with van der Waals surface area (Å²) in [5.74, 6) is 0.638. The number of fused-ring (bicyclic) bond motifs is 7. The van der Waals surface area contributed by atoms with E-state index in [2.05, 4.69) is 89.5 Å². The summed E-state index contributed by atoms with van der Waals surface area (Å²) in [7, 11) is 0. The van der Waals surface area contributed by atoms with Crippen molar-refractivity contribution in [3.05, 3.63) is 122 Å². The normalized spacial score (nSPS) is 11.7. The SMILES string of the molecule is c1ccc(-c2cnc(-n3c4ccc(-c5ccccc5)nc4c4c5sc6ccccc6c5ccc43)nc2)cc1. The van der Waals surface area contributed by atoms with Crippen molar-refractivity contribution in [2.24, 2.45) is 0 Å². The summed E-state index contributed by atoms with van der Waals surface area (Å²) in [5, 5.41) is 3.68. The minimum absolute atomic E-state index is 0.638. The lowest BCUT2D eigenvalue weighted by Crippen LogP contribution is -2.01. The Balaban J connectivity index is 1.44. The molecule has 0 fully saturated rings.